The van der Waals surface area contributed by atoms with E-state index in [4.69, 9.17) is 16.2 Å². The van der Waals surface area contributed by atoms with Gasteiger partial charge in [0, 0.05) is 6.54 Å². The van der Waals surface area contributed by atoms with Crippen molar-refractivity contribution in [2.75, 3.05) is 13.2 Å². The van der Waals surface area contributed by atoms with Crippen molar-refractivity contribution in [1.82, 2.24) is 10.6 Å². The summed E-state index contributed by atoms with van der Waals surface area (Å²) in [5, 5.41) is 16.1. The van der Waals surface area contributed by atoms with Crippen molar-refractivity contribution < 1.29 is 24.2 Å². The predicted octanol–water partition coefficient (Wildman–Crippen LogP) is 2.13. The van der Waals surface area contributed by atoms with Crippen LogP contribution < -0.4 is 26.8 Å². The van der Waals surface area contributed by atoms with Crippen LogP contribution in [0.25, 0.3) is 10.8 Å². The highest BCUT2D eigenvalue weighted by molar-refractivity contribution is 5.95. The number of benzene rings is 3. The Morgan fingerprint density at radius 3 is 2.34 bits per heavy atom. The van der Waals surface area contributed by atoms with Gasteiger partial charge in [-0.3, -0.25) is 14.9 Å². The molecule has 0 spiro atoms. The third kappa shape index (κ3) is 8.31. The molecule has 0 bridgehead atoms. The highest BCUT2D eigenvalue weighted by Crippen LogP contribution is 2.22. The van der Waals surface area contributed by atoms with Gasteiger partial charge in [-0.15, -0.1) is 0 Å². The number of hydrogen-bond donors (Lipinski definition) is 5. The Morgan fingerprint density at radius 1 is 0.914 bits per heavy atom. The number of nitrogens with two attached hydrogens (primary N) is 2. The molecule has 0 saturated carbocycles. The van der Waals surface area contributed by atoms with Gasteiger partial charge in [0.05, 0.1) is 19.1 Å². The molecule has 4 amide bonds. The van der Waals surface area contributed by atoms with Crippen LogP contribution in [0.5, 0.6) is 11.5 Å². The van der Waals surface area contributed by atoms with E-state index in [2.05, 4.69) is 10.6 Å². The first kappa shape index (κ1) is 25.5. The van der Waals surface area contributed by atoms with Crippen LogP contribution in [0.2, 0.25) is 0 Å². The monoisotopic (exact) mass is 478 g/mol. The van der Waals surface area contributed by atoms with Gasteiger partial charge in [-0.25, -0.2) is 4.79 Å². The zero-order chi connectivity index (χ0) is 25.2. The molecular formula is C26H30N4O5. The van der Waals surface area contributed by atoms with E-state index in [9.17, 15) is 19.5 Å². The lowest BCUT2D eigenvalue weighted by Gasteiger charge is -2.13. The zero-order valence-electron chi connectivity index (χ0n) is 19.3. The number of unbranched alkanes of at least 4 members (excludes halogenated alkanes) is 1. The van der Waals surface area contributed by atoms with Crippen molar-refractivity contribution in [3.8, 4) is 11.5 Å². The third-order valence-corrected chi connectivity index (χ3v) is 5.37. The number of primary amides is 1. The summed E-state index contributed by atoms with van der Waals surface area (Å²) in [5.41, 5.74) is 12.6. The SMILES string of the molecule is NC(=O)NC(=O)Cc1ccc2cc(OCCCCNC(=O)[C@@H](N)Cc3ccc(O)cc3)ccc2c1. The van der Waals surface area contributed by atoms with E-state index in [-0.39, 0.29) is 18.1 Å². The Labute approximate surface area is 203 Å². The Hall–Kier alpha value is -4.11. The summed E-state index contributed by atoms with van der Waals surface area (Å²) < 4.78 is 5.82. The number of ether oxygens (including phenoxy) is 1. The van der Waals surface area contributed by atoms with Crippen LogP contribution in [-0.2, 0) is 22.4 Å². The van der Waals surface area contributed by atoms with Crippen LogP contribution in [0.3, 0.4) is 0 Å². The molecule has 0 aromatic heterocycles. The summed E-state index contributed by atoms with van der Waals surface area (Å²) in [5.74, 6) is 0.250. The molecule has 1 atom stereocenters. The third-order valence-electron chi connectivity index (χ3n) is 5.37. The molecule has 0 aliphatic rings. The van der Waals surface area contributed by atoms with Crippen LogP contribution >= 0.6 is 0 Å². The van der Waals surface area contributed by atoms with Gasteiger partial charge in [0.1, 0.15) is 11.5 Å². The molecule has 7 N–H and O–H groups in total. The lowest BCUT2D eigenvalue weighted by atomic mass is 10.0. The number of fused-ring (bicyclic) bond motifs is 1. The van der Waals surface area contributed by atoms with E-state index in [0.29, 0.717) is 19.6 Å². The number of aromatic hydroxyl groups is 1. The van der Waals surface area contributed by atoms with Crippen LogP contribution in [-0.4, -0.2) is 42.1 Å². The number of nitrogens with one attached hydrogen (secondary N) is 2. The normalized spacial score (nSPS) is 11.6. The lowest BCUT2D eigenvalue weighted by Crippen LogP contribution is -2.42. The number of carbonyl (C=O) groups excluding carboxylic acids is 3. The fourth-order valence-corrected chi connectivity index (χ4v) is 3.58. The quantitative estimate of drug-likeness (QED) is 0.266. The summed E-state index contributed by atoms with van der Waals surface area (Å²) in [6.45, 7) is 1.02. The second-order valence-electron chi connectivity index (χ2n) is 8.26. The summed E-state index contributed by atoms with van der Waals surface area (Å²) in [6.07, 6.45) is 1.98. The summed E-state index contributed by atoms with van der Waals surface area (Å²) in [4.78, 5) is 34.6. The van der Waals surface area contributed by atoms with Gasteiger partial charge in [-0.1, -0.05) is 36.4 Å². The Balaban J connectivity index is 1.37. The first-order chi connectivity index (χ1) is 16.8. The van der Waals surface area contributed by atoms with Gasteiger partial charge in [0.2, 0.25) is 11.8 Å². The molecule has 9 heteroatoms. The Morgan fingerprint density at radius 2 is 1.60 bits per heavy atom. The molecule has 0 saturated heterocycles. The van der Waals surface area contributed by atoms with E-state index in [1.165, 1.54) is 0 Å². The summed E-state index contributed by atoms with van der Waals surface area (Å²) in [6, 6.07) is 16.4. The second kappa shape index (κ2) is 12.4. The number of phenols is 1. The van der Waals surface area contributed by atoms with Crippen LogP contribution in [0.15, 0.2) is 60.7 Å². The number of urea groups is 1. The highest BCUT2D eigenvalue weighted by atomic mass is 16.5. The van der Waals surface area contributed by atoms with Crippen LogP contribution in [0.4, 0.5) is 4.79 Å². The molecule has 3 rings (SSSR count). The minimum Gasteiger partial charge on any atom is -0.508 e. The van der Waals surface area contributed by atoms with Gasteiger partial charge in [0.15, 0.2) is 0 Å². The average Bonchev–Trinajstić information content (AvgIpc) is 2.82. The van der Waals surface area contributed by atoms with Crippen molar-refractivity contribution in [2.24, 2.45) is 11.5 Å². The van der Waals surface area contributed by atoms with E-state index in [1.54, 1.807) is 24.3 Å². The van der Waals surface area contributed by atoms with E-state index >= 15 is 0 Å². The van der Waals surface area contributed by atoms with Gasteiger partial charge in [-0.05, 0) is 65.4 Å². The molecule has 0 radical (unpaired) electrons. The fourth-order valence-electron chi connectivity index (χ4n) is 3.58. The molecule has 3 aromatic rings. The minimum atomic E-state index is -0.867. The van der Waals surface area contributed by atoms with Crippen molar-refractivity contribution >= 4 is 28.6 Å². The van der Waals surface area contributed by atoms with Gasteiger partial charge >= 0.3 is 6.03 Å². The van der Waals surface area contributed by atoms with E-state index in [0.717, 1.165) is 40.5 Å². The maximum atomic E-state index is 12.2. The van der Waals surface area contributed by atoms with Crippen molar-refractivity contribution in [2.45, 2.75) is 31.7 Å². The number of amides is 4. The average molecular weight is 479 g/mol. The number of carbonyl (C=O) groups is 3. The van der Waals surface area contributed by atoms with Crippen LogP contribution in [0.1, 0.15) is 24.0 Å². The topological polar surface area (TPSA) is 157 Å². The Bertz CT molecular complexity index is 1180. The first-order valence-corrected chi connectivity index (χ1v) is 11.4. The van der Waals surface area contributed by atoms with Crippen molar-refractivity contribution in [1.29, 1.82) is 0 Å². The minimum absolute atomic E-state index is 0.0649. The molecule has 0 heterocycles. The molecule has 0 aliphatic heterocycles. The summed E-state index contributed by atoms with van der Waals surface area (Å²) >= 11 is 0. The van der Waals surface area contributed by atoms with E-state index < -0.39 is 18.0 Å². The largest absolute Gasteiger partial charge is 0.508 e. The number of phenolic OH excluding ortho intramolecular Hbond substituents is 1. The zero-order valence-corrected chi connectivity index (χ0v) is 19.3. The molecule has 35 heavy (non-hydrogen) atoms. The lowest BCUT2D eigenvalue weighted by molar-refractivity contribution is -0.122. The summed E-state index contributed by atoms with van der Waals surface area (Å²) in [7, 11) is 0. The first-order valence-electron chi connectivity index (χ1n) is 11.4. The predicted molar refractivity (Wildman–Crippen MR) is 133 cm³/mol. The van der Waals surface area contributed by atoms with E-state index in [1.807, 2.05) is 36.4 Å². The number of rotatable bonds is 11. The number of imide groups is 1. The molecule has 0 unspecified atom stereocenters. The highest BCUT2D eigenvalue weighted by Gasteiger charge is 2.13. The van der Waals surface area contributed by atoms with Gasteiger partial charge in [-0.2, -0.15) is 0 Å². The maximum absolute atomic E-state index is 12.2. The molecular weight excluding hydrogens is 448 g/mol. The molecule has 0 fully saturated rings. The maximum Gasteiger partial charge on any atom is 0.318 e. The number of hydrogen-bond acceptors (Lipinski definition) is 6. The second-order valence-corrected chi connectivity index (χ2v) is 8.26. The molecule has 184 valence electrons. The van der Waals surface area contributed by atoms with Crippen LogP contribution in [0, 0.1) is 0 Å². The van der Waals surface area contributed by atoms with Crippen molar-refractivity contribution in [3.63, 3.8) is 0 Å². The molecule has 0 aliphatic carbocycles. The Kier molecular flexibility index (Phi) is 9.02. The molecule has 3 aromatic carbocycles. The standard InChI is InChI=1S/C26H30N4O5/c27-23(14-17-4-8-21(31)9-5-17)25(33)29-11-1-2-12-35-22-10-7-19-13-18(3-6-20(19)16-22)15-24(32)30-26(28)34/h3-10,13,16,23,31H,1-2,11-12,14-15,27H2,(H,29,33)(H3,28,30,32,34)/t23-/m0/s1. The fraction of sp³-hybridized carbons (Fsp3) is 0.269. The van der Waals surface area contributed by atoms with Gasteiger partial charge in [0.25, 0.3) is 0 Å². The van der Waals surface area contributed by atoms with Gasteiger partial charge < -0.3 is 26.6 Å². The van der Waals surface area contributed by atoms with Crippen molar-refractivity contribution in [3.05, 3.63) is 71.8 Å². The molecule has 9 nitrogen and oxygen atoms in total. The smallest absolute Gasteiger partial charge is 0.318 e.